The SMILES string of the molecule is CSCC[C@@H](O)C(=O)NCCc1nc2c(C)cccc2[nH]1. The molecule has 2 aromatic rings. The summed E-state index contributed by atoms with van der Waals surface area (Å²) < 4.78 is 0. The number of rotatable bonds is 7. The number of hydrogen-bond acceptors (Lipinski definition) is 4. The molecule has 1 aromatic heterocycles. The molecule has 0 fully saturated rings. The molecule has 0 saturated carbocycles. The van der Waals surface area contributed by atoms with Crippen LogP contribution >= 0.6 is 11.8 Å². The van der Waals surface area contributed by atoms with Crippen molar-refractivity contribution in [2.45, 2.75) is 25.9 Å². The average Bonchev–Trinajstić information content (AvgIpc) is 2.89. The lowest BCUT2D eigenvalue weighted by molar-refractivity contribution is -0.129. The van der Waals surface area contributed by atoms with Gasteiger partial charge in [-0.15, -0.1) is 0 Å². The van der Waals surface area contributed by atoms with E-state index in [9.17, 15) is 9.90 Å². The Kier molecular flexibility index (Phi) is 5.64. The fraction of sp³-hybridized carbons (Fsp3) is 0.467. The molecule has 21 heavy (non-hydrogen) atoms. The summed E-state index contributed by atoms with van der Waals surface area (Å²) in [5, 5.41) is 12.4. The van der Waals surface area contributed by atoms with Crippen LogP contribution in [0, 0.1) is 6.92 Å². The van der Waals surface area contributed by atoms with Crippen molar-refractivity contribution in [1.29, 1.82) is 0 Å². The molecule has 0 bridgehead atoms. The summed E-state index contributed by atoms with van der Waals surface area (Å²) in [6.45, 7) is 2.49. The highest BCUT2D eigenvalue weighted by Crippen LogP contribution is 2.15. The van der Waals surface area contributed by atoms with E-state index >= 15 is 0 Å². The standard InChI is InChI=1S/C15H21N3O2S/c1-10-4-3-5-11-14(10)18-13(17-11)6-8-16-15(20)12(19)7-9-21-2/h3-5,12,19H,6-9H2,1-2H3,(H,16,20)(H,17,18)/t12-/m1/s1. The minimum Gasteiger partial charge on any atom is -0.383 e. The van der Waals surface area contributed by atoms with Crippen LogP contribution in [0.5, 0.6) is 0 Å². The van der Waals surface area contributed by atoms with Crippen LogP contribution in [-0.2, 0) is 11.2 Å². The topological polar surface area (TPSA) is 78.0 Å². The molecular weight excluding hydrogens is 286 g/mol. The Balaban J connectivity index is 1.85. The van der Waals surface area contributed by atoms with E-state index in [1.807, 2.05) is 31.4 Å². The molecule has 0 radical (unpaired) electrons. The van der Waals surface area contributed by atoms with E-state index in [0.29, 0.717) is 19.4 Å². The molecule has 0 aliphatic heterocycles. The van der Waals surface area contributed by atoms with Crippen molar-refractivity contribution in [3.63, 3.8) is 0 Å². The van der Waals surface area contributed by atoms with Gasteiger partial charge in [-0.05, 0) is 37.0 Å². The Hall–Kier alpha value is -1.53. The Labute approximate surface area is 128 Å². The number of aromatic amines is 1. The minimum absolute atomic E-state index is 0.309. The van der Waals surface area contributed by atoms with Crippen molar-refractivity contribution in [3.05, 3.63) is 29.6 Å². The number of fused-ring (bicyclic) bond motifs is 1. The van der Waals surface area contributed by atoms with Gasteiger partial charge in [-0.2, -0.15) is 11.8 Å². The van der Waals surface area contributed by atoms with Crippen LogP contribution in [0.1, 0.15) is 17.8 Å². The van der Waals surface area contributed by atoms with Crippen LogP contribution < -0.4 is 5.32 Å². The molecule has 0 aliphatic rings. The van der Waals surface area contributed by atoms with Gasteiger partial charge in [-0.3, -0.25) is 4.79 Å². The van der Waals surface area contributed by atoms with E-state index in [-0.39, 0.29) is 5.91 Å². The number of benzene rings is 1. The van der Waals surface area contributed by atoms with Gasteiger partial charge in [0.15, 0.2) is 0 Å². The number of hydrogen-bond donors (Lipinski definition) is 3. The number of imidazole rings is 1. The highest BCUT2D eigenvalue weighted by atomic mass is 32.2. The summed E-state index contributed by atoms with van der Waals surface area (Å²) in [6.07, 6.45) is 2.13. The fourth-order valence-corrected chi connectivity index (χ4v) is 2.59. The highest BCUT2D eigenvalue weighted by molar-refractivity contribution is 7.98. The second kappa shape index (κ2) is 7.47. The molecule has 1 atom stereocenters. The monoisotopic (exact) mass is 307 g/mol. The van der Waals surface area contributed by atoms with Gasteiger partial charge < -0.3 is 15.4 Å². The van der Waals surface area contributed by atoms with Crippen LogP contribution in [0.15, 0.2) is 18.2 Å². The number of carbonyl (C=O) groups is 1. The van der Waals surface area contributed by atoms with Crippen molar-refractivity contribution >= 4 is 28.7 Å². The molecule has 0 spiro atoms. The number of aryl methyl sites for hydroxylation is 1. The van der Waals surface area contributed by atoms with Crippen molar-refractivity contribution in [3.8, 4) is 0 Å². The molecule has 6 heteroatoms. The van der Waals surface area contributed by atoms with Gasteiger partial charge in [-0.1, -0.05) is 12.1 Å². The third kappa shape index (κ3) is 4.22. The second-order valence-corrected chi connectivity index (χ2v) is 5.98. The molecule has 1 heterocycles. The highest BCUT2D eigenvalue weighted by Gasteiger charge is 2.13. The van der Waals surface area contributed by atoms with Gasteiger partial charge in [0, 0.05) is 13.0 Å². The smallest absolute Gasteiger partial charge is 0.248 e. The summed E-state index contributed by atoms with van der Waals surface area (Å²) in [5.41, 5.74) is 3.11. The molecule has 5 nitrogen and oxygen atoms in total. The fourth-order valence-electron chi connectivity index (χ4n) is 2.13. The Morgan fingerprint density at radius 2 is 2.33 bits per heavy atom. The maximum Gasteiger partial charge on any atom is 0.248 e. The Morgan fingerprint density at radius 1 is 1.52 bits per heavy atom. The summed E-state index contributed by atoms with van der Waals surface area (Å²) in [6, 6.07) is 6.00. The van der Waals surface area contributed by atoms with Crippen LogP contribution in [0.4, 0.5) is 0 Å². The normalized spacial score (nSPS) is 12.5. The predicted octanol–water partition coefficient (Wildman–Crippen LogP) is 1.64. The first-order valence-electron chi connectivity index (χ1n) is 7.00. The van der Waals surface area contributed by atoms with Gasteiger partial charge in [0.2, 0.25) is 5.91 Å². The average molecular weight is 307 g/mol. The van der Waals surface area contributed by atoms with E-state index < -0.39 is 6.10 Å². The summed E-state index contributed by atoms with van der Waals surface area (Å²) >= 11 is 1.62. The maximum absolute atomic E-state index is 11.7. The maximum atomic E-state index is 11.7. The molecule has 3 N–H and O–H groups in total. The van der Waals surface area contributed by atoms with Crippen LogP contribution in [0.2, 0.25) is 0 Å². The lowest BCUT2D eigenvalue weighted by Gasteiger charge is -2.09. The van der Waals surface area contributed by atoms with Crippen LogP contribution in [0.3, 0.4) is 0 Å². The van der Waals surface area contributed by atoms with Gasteiger partial charge in [0.1, 0.15) is 11.9 Å². The molecule has 0 aliphatic carbocycles. The second-order valence-electron chi connectivity index (χ2n) is 4.99. The number of aliphatic hydroxyl groups excluding tert-OH is 1. The largest absolute Gasteiger partial charge is 0.383 e. The van der Waals surface area contributed by atoms with E-state index in [4.69, 9.17) is 0 Å². The Bertz CT molecular complexity index is 612. The van der Waals surface area contributed by atoms with E-state index in [1.54, 1.807) is 11.8 Å². The first-order valence-corrected chi connectivity index (χ1v) is 8.40. The number of para-hydroxylation sites is 1. The number of H-pyrrole nitrogens is 1. The zero-order valence-corrected chi connectivity index (χ0v) is 13.2. The molecular formula is C15H21N3O2S. The van der Waals surface area contributed by atoms with Crippen LogP contribution in [0.25, 0.3) is 11.0 Å². The zero-order chi connectivity index (χ0) is 15.2. The van der Waals surface area contributed by atoms with Crippen molar-refractivity contribution in [2.24, 2.45) is 0 Å². The predicted molar refractivity (Wildman–Crippen MR) is 86.6 cm³/mol. The number of aliphatic hydroxyl groups is 1. The van der Waals surface area contributed by atoms with Crippen molar-refractivity contribution in [1.82, 2.24) is 15.3 Å². The number of amides is 1. The number of nitrogens with zero attached hydrogens (tertiary/aromatic N) is 1. The van der Waals surface area contributed by atoms with Gasteiger partial charge in [-0.25, -0.2) is 4.98 Å². The molecule has 0 unspecified atom stereocenters. The number of carbonyl (C=O) groups excluding carboxylic acids is 1. The first kappa shape index (κ1) is 15.9. The number of thioether (sulfide) groups is 1. The third-order valence-corrected chi connectivity index (χ3v) is 3.97. The van der Waals surface area contributed by atoms with Crippen molar-refractivity contribution in [2.75, 3.05) is 18.6 Å². The molecule has 1 amide bonds. The first-order chi connectivity index (χ1) is 10.1. The quantitative estimate of drug-likeness (QED) is 0.727. The summed E-state index contributed by atoms with van der Waals surface area (Å²) in [5.74, 6) is 1.31. The van der Waals surface area contributed by atoms with Gasteiger partial charge >= 0.3 is 0 Å². The van der Waals surface area contributed by atoms with Crippen molar-refractivity contribution < 1.29 is 9.90 Å². The lowest BCUT2D eigenvalue weighted by atomic mass is 10.2. The number of nitrogens with one attached hydrogen (secondary N) is 2. The Morgan fingerprint density at radius 3 is 3.05 bits per heavy atom. The minimum atomic E-state index is -0.921. The molecule has 114 valence electrons. The van der Waals surface area contributed by atoms with E-state index in [2.05, 4.69) is 15.3 Å². The molecule has 0 saturated heterocycles. The summed E-state index contributed by atoms with van der Waals surface area (Å²) in [7, 11) is 0. The van der Waals surface area contributed by atoms with E-state index in [1.165, 1.54) is 0 Å². The van der Waals surface area contributed by atoms with E-state index in [0.717, 1.165) is 28.2 Å². The summed E-state index contributed by atoms with van der Waals surface area (Å²) in [4.78, 5) is 19.4. The third-order valence-electron chi connectivity index (χ3n) is 3.32. The number of aromatic nitrogens is 2. The molecule has 2 rings (SSSR count). The lowest BCUT2D eigenvalue weighted by Crippen LogP contribution is -2.36. The van der Waals surface area contributed by atoms with Crippen LogP contribution in [-0.4, -0.2) is 45.6 Å². The zero-order valence-electron chi connectivity index (χ0n) is 12.3. The van der Waals surface area contributed by atoms with Gasteiger partial charge in [0.05, 0.1) is 11.0 Å². The van der Waals surface area contributed by atoms with Gasteiger partial charge in [0.25, 0.3) is 0 Å². The molecule has 1 aromatic carbocycles.